The van der Waals surface area contributed by atoms with E-state index >= 15 is 0 Å². The molecular weight excluding hydrogens is 318 g/mol. The predicted molar refractivity (Wildman–Crippen MR) is 74.2 cm³/mol. The minimum Gasteiger partial charge on any atom is -0.444 e. The Morgan fingerprint density at radius 2 is 1.91 bits per heavy atom. The lowest BCUT2D eigenvalue weighted by Gasteiger charge is -2.23. The Kier molecular flexibility index (Phi) is 5.74. The Balaban J connectivity index is 3.10. The third-order valence-corrected chi connectivity index (χ3v) is 2.72. The van der Waals surface area contributed by atoms with E-state index in [1.54, 1.807) is 20.8 Å². The third kappa shape index (κ3) is 5.88. The number of alkyl halides is 3. The zero-order chi connectivity index (χ0) is 17.8. The molecule has 1 N–H and O–H groups in total. The van der Waals surface area contributed by atoms with E-state index < -0.39 is 47.3 Å². The highest BCUT2D eigenvalue weighted by atomic mass is 19.4. The van der Waals surface area contributed by atoms with Gasteiger partial charge in [0.1, 0.15) is 17.7 Å². The van der Waals surface area contributed by atoms with E-state index in [1.807, 2.05) is 0 Å². The molecule has 0 aliphatic heterocycles. The van der Waals surface area contributed by atoms with E-state index in [2.05, 4.69) is 5.32 Å². The Bertz CT molecular complexity index is 579. The van der Waals surface area contributed by atoms with Crippen LogP contribution in [0.25, 0.3) is 0 Å². The highest BCUT2D eigenvalue weighted by Gasteiger charge is 2.32. The van der Waals surface area contributed by atoms with E-state index in [0.717, 1.165) is 0 Å². The maximum absolute atomic E-state index is 13.8. The third-order valence-electron chi connectivity index (χ3n) is 2.72. The van der Waals surface area contributed by atoms with Crippen molar-refractivity contribution < 1.29 is 31.9 Å². The molecule has 0 aliphatic rings. The van der Waals surface area contributed by atoms with Crippen molar-refractivity contribution in [2.45, 2.75) is 45.0 Å². The summed E-state index contributed by atoms with van der Waals surface area (Å²) in [6, 6.07) is 0.544. The number of rotatable bonds is 4. The van der Waals surface area contributed by atoms with Gasteiger partial charge in [-0.15, -0.1) is 0 Å². The van der Waals surface area contributed by atoms with Gasteiger partial charge in [0.05, 0.1) is 11.6 Å². The molecule has 0 saturated carbocycles. The monoisotopic (exact) mass is 335 g/mol. The van der Waals surface area contributed by atoms with Gasteiger partial charge in [-0.3, -0.25) is 0 Å². The topological polar surface area (TPSA) is 55.4 Å². The maximum Gasteiger partial charge on any atom is 0.416 e. The van der Waals surface area contributed by atoms with Gasteiger partial charge in [-0.2, -0.15) is 13.2 Å². The maximum atomic E-state index is 13.8. The minimum absolute atomic E-state index is 0.377. The highest BCUT2D eigenvalue weighted by Crippen LogP contribution is 2.32. The molecule has 128 valence electrons. The van der Waals surface area contributed by atoms with Crippen molar-refractivity contribution in [3.8, 4) is 0 Å². The summed E-state index contributed by atoms with van der Waals surface area (Å²) in [5.41, 5.74) is -2.35. The molecule has 1 atom stereocenters. The number of hydrogen-bond donors (Lipinski definition) is 1. The number of halogens is 4. The molecule has 1 rings (SSSR count). The van der Waals surface area contributed by atoms with Crippen LogP contribution in [-0.2, 0) is 15.7 Å². The summed E-state index contributed by atoms with van der Waals surface area (Å²) in [5.74, 6) is -0.957. The predicted octanol–water partition coefficient (Wildman–Crippen LogP) is 4.00. The van der Waals surface area contributed by atoms with Crippen LogP contribution in [0.15, 0.2) is 18.2 Å². The molecule has 0 fully saturated rings. The average Bonchev–Trinajstić information content (AvgIpc) is 2.35. The lowest BCUT2D eigenvalue weighted by Crippen LogP contribution is -2.35. The molecule has 4 nitrogen and oxygen atoms in total. The molecule has 0 unspecified atom stereocenters. The van der Waals surface area contributed by atoms with E-state index in [9.17, 15) is 27.2 Å². The fraction of sp³-hybridized carbons (Fsp3) is 0.467. The van der Waals surface area contributed by atoms with Gasteiger partial charge in [-0.05, 0) is 39.0 Å². The molecule has 0 radical (unpaired) electrons. The van der Waals surface area contributed by atoms with Crippen molar-refractivity contribution in [3.05, 3.63) is 35.1 Å². The minimum atomic E-state index is -4.67. The number of carbonyl (C=O) groups is 2. The van der Waals surface area contributed by atoms with Crippen molar-refractivity contribution in [3.63, 3.8) is 0 Å². The van der Waals surface area contributed by atoms with Gasteiger partial charge in [-0.25, -0.2) is 9.18 Å². The van der Waals surface area contributed by atoms with Gasteiger partial charge in [0, 0.05) is 12.0 Å². The summed E-state index contributed by atoms with van der Waals surface area (Å²) in [4.78, 5) is 22.4. The zero-order valence-electron chi connectivity index (χ0n) is 12.8. The summed E-state index contributed by atoms with van der Waals surface area (Å²) < 4.78 is 57.0. The van der Waals surface area contributed by atoms with Crippen LogP contribution in [0.2, 0.25) is 0 Å². The van der Waals surface area contributed by atoms with E-state index in [4.69, 9.17) is 4.74 Å². The standard InChI is InChI=1S/C15H17F4NO3/c1-14(2,3)23-13(22)20-12(6-7-21)10-8-9(15(17,18)19)4-5-11(10)16/h4-5,7-8,12H,6H2,1-3H3,(H,20,22)/t12-/m1/s1. The van der Waals surface area contributed by atoms with E-state index in [0.29, 0.717) is 24.5 Å². The Hall–Kier alpha value is -2.12. The van der Waals surface area contributed by atoms with Crippen LogP contribution in [0, 0.1) is 5.82 Å². The van der Waals surface area contributed by atoms with Crippen LogP contribution in [-0.4, -0.2) is 18.0 Å². The molecule has 0 aromatic heterocycles. The number of amides is 1. The van der Waals surface area contributed by atoms with Gasteiger partial charge in [0.25, 0.3) is 0 Å². The molecule has 1 aromatic carbocycles. The molecule has 8 heteroatoms. The SMILES string of the molecule is CC(C)(C)OC(=O)N[C@H](CC=O)c1cc(C(F)(F)F)ccc1F. The second kappa shape index (κ2) is 6.97. The van der Waals surface area contributed by atoms with Gasteiger partial charge < -0.3 is 14.8 Å². The smallest absolute Gasteiger partial charge is 0.416 e. The molecule has 0 saturated heterocycles. The summed E-state index contributed by atoms with van der Waals surface area (Å²) in [5, 5.41) is 2.21. The average molecular weight is 335 g/mol. The number of hydrogen-bond acceptors (Lipinski definition) is 3. The Labute approximate surface area is 130 Å². The number of aldehydes is 1. The van der Waals surface area contributed by atoms with E-state index in [-0.39, 0.29) is 0 Å². The first kappa shape index (κ1) is 18.9. The fourth-order valence-electron chi connectivity index (χ4n) is 1.80. The molecule has 0 spiro atoms. The summed E-state index contributed by atoms with van der Waals surface area (Å²) in [6.45, 7) is 4.77. The molecule has 1 amide bonds. The van der Waals surface area contributed by atoms with Crippen LogP contribution in [0.5, 0.6) is 0 Å². The molecular formula is C15H17F4NO3. The molecule has 23 heavy (non-hydrogen) atoms. The normalized spacial score (nSPS) is 13.3. The number of nitrogens with one attached hydrogen (secondary N) is 1. The largest absolute Gasteiger partial charge is 0.444 e. The Morgan fingerprint density at radius 3 is 2.39 bits per heavy atom. The van der Waals surface area contributed by atoms with Gasteiger partial charge in [0.2, 0.25) is 0 Å². The molecule has 0 aliphatic carbocycles. The summed E-state index contributed by atoms with van der Waals surface area (Å²) in [6.07, 6.45) is -5.64. The number of carbonyl (C=O) groups excluding carboxylic acids is 2. The zero-order valence-corrected chi connectivity index (χ0v) is 12.8. The van der Waals surface area contributed by atoms with Crippen LogP contribution >= 0.6 is 0 Å². The van der Waals surface area contributed by atoms with Crippen LogP contribution in [0.4, 0.5) is 22.4 Å². The van der Waals surface area contributed by atoms with Crippen molar-refractivity contribution in [2.24, 2.45) is 0 Å². The molecule has 1 aromatic rings. The van der Waals surface area contributed by atoms with Crippen LogP contribution in [0.1, 0.15) is 44.4 Å². The quantitative estimate of drug-likeness (QED) is 0.668. The van der Waals surface area contributed by atoms with Crippen molar-refractivity contribution in [2.75, 3.05) is 0 Å². The summed E-state index contributed by atoms with van der Waals surface area (Å²) >= 11 is 0. The molecule has 0 heterocycles. The lowest BCUT2D eigenvalue weighted by molar-refractivity contribution is -0.137. The van der Waals surface area contributed by atoms with Gasteiger partial charge >= 0.3 is 12.3 Å². The van der Waals surface area contributed by atoms with Crippen LogP contribution in [0.3, 0.4) is 0 Å². The van der Waals surface area contributed by atoms with Crippen molar-refractivity contribution in [1.29, 1.82) is 0 Å². The number of ether oxygens (including phenoxy) is 1. The Morgan fingerprint density at radius 1 is 1.30 bits per heavy atom. The highest BCUT2D eigenvalue weighted by molar-refractivity contribution is 5.69. The van der Waals surface area contributed by atoms with Gasteiger partial charge in [-0.1, -0.05) is 0 Å². The first-order chi connectivity index (χ1) is 10.4. The fourth-order valence-corrected chi connectivity index (χ4v) is 1.80. The molecule has 0 bridgehead atoms. The van der Waals surface area contributed by atoms with Crippen molar-refractivity contribution in [1.82, 2.24) is 5.32 Å². The second-order valence-electron chi connectivity index (χ2n) is 5.84. The van der Waals surface area contributed by atoms with Gasteiger partial charge in [0.15, 0.2) is 0 Å². The summed E-state index contributed by atoms with van der Waals surface area (Å²) in [7, 11) is 0. The van der Waals surface area contributed by atoms with Crippen LogP contribution < -0.4 is 5.32 Å². The first-order valence-corrected chi connectivity index (χ1v) is 6.74. The number of benzene rings is 1. The lowest BCUT2D eigenvalue weighted by atomic mass is 10.0. The second-order valence-corrected chi connectivity index (χ2v) is 5.84. The number of alkyl carbamates (subject to hydrolysis) is 1. The van der Waals surface area contributed by atoms with Crippen molar-refractivity contribution >= 4 is 12.4 Å². The van der Waals surface area contributed by atoms with E-state index in [1.165, 1.54) is 0 Å². The first-order valence-electron chi connectivity index (χ1n) is 6.74.